The van der Waals surface area contributed by atoms with Crippen LogP contribution in [0.15, 0.2) is 30.3 Å². The van der Waals surface area contributed by atoms with Gasteiger partial charge in [0.15, 0.2) is 0 Å². The van der Waals surface area contributed by atoms with Crippen molar-refractivity contribution in [2.75, 3.05) is 26.4 Å². The van der Waals surface area contributed by atoms with Gasteiger partial charge in [0.2, 0.25) is 0 Å². The predicted octanol–water partition coefficient (Wildman–Crippen LogP) is 5.00. The third kappa shape index (κ3) is 5.17. The van der Waals surface area contributed by atoms with Gasteiger partial charge in [0.25, 0.3) is 0 Å². The predicted molar refractivity (Wildman–Crippen MR) is 124 cm³/mol. The van der Waals surface area contributed by atoms with E-state index in [4.69, 9.17) is 18.9 Å². The number of ether oxygens (including phenoxy) is 4. The summed E-state index contributed by atoms with van der Waals surface area (Å²) in [7, 11) is 0. The molecule has 5 rings (SSSR count). The molecule has 2 saturated heterocycles. The van der Waals surface area contributed by atoms with E-state index in [1.807, 2.05) is 26.0 Å². The van der Waals surface area contributed by atoms with Crippen molar-refractivity contribution in [1.82, 2.24) is 0 Å². The molecule has 1 saturated carbocycles. The lowest BCUT2D eigenvalue weighted by atomic mass is 9.74. The average molecular weight is 453 g/mol. The smallest absolute Gasteiger partial charge is 0.335 e. The van der Waals surface area contributed by atoms with Gasteiger partial charge in [0.1, 0.15) is 36.9 Å². The third-order valence-corrected chi connectivity index (χ3v) is 7.13. The highest BCUT2D eigenvalue weighted by Gasteiger charge is 2.31. The molecule has 2 aliphatic heterocycles. The molecule has 33 heavy (non-hydrogen) atoms. The molecule has 1 N–H and O–H groups in total. The summed E-state index contributed by atoms with van der Waals surface area (Å²) in [5, 5.41) is 9.92. The van der Waals surface area contributed by atoms with Gasteiger partial charge in [-0.05, 0) is 91.8 Å². The molecule has 2 aromatic rings. The van der Waals surface area contributed by atoms with E-state index in [1.54, 1.807) is 6.07 Å². The van der Waals surface area contributed by atoms with Crippen molar-refractivity contribution in [3.05, 3.63) is 58.1 Å². The van der Waals surface area contributed by atoms with Gasteiger partial charge in [-0.25, -0.2) is 4.79 Å². The lowest BCUT2D eigenvalue weighted by Crippen LogP contribution is -2.18. The first-order valence-corrected chi connectivity index (χ1v) is 12.0. The van der Waals surface area contributed by atoms with Crippen LogP contribution in [-0.4, -0.2) is 49.7 Å². The van der Waals surface area contributed by atoms with E-state index >= 15 is 0 Å². The summed E-state index contributed by atoms with van der Waals surface area (Å²) in [5.74, 6) is 1.56. The Kier molecular flexibility index (Phi) is 6.30. The quantitative estimate of drug-likeness (QED) is 0.540. The Morgan fingerprint density at radius 2 is 1.52 bits per heavy atom. The Morgan fingerprint density at radius 3 is 2.09 bits per heavy atom. The fourth-order valence-corrected chi connectivity index (χ4v) is 5.15. The molecular weight excluding hydrogens is 420 g/mol. The summed E-state index contributed by atoms with van der Waals surface area (Å²) in [5.41, 5.74) is 4.54. The molecule has 2 atom stereocenters. The molecule has 6 nitrogen and oxygen atoms in total. The SMILES string of the molecule is Cc1cc(C(=O)O)c(C2CCC(c3ccc(OCC4CO4)cc3)CC2)c(C)c1OCC1CO1. The van der Waals surface area contributed by atoms with Crippen LogP contribution >= 0.6 is 0 Å². The molecule has 0 spiro atoms. The number of benzene rings is 2. The second-order valence-electron chi connectivity index (χ2n) is 9.56. The second-order valence-corrected chi connectivity index (χ2v) is 9.56. The van der Waals surface area contributed by atoms with Crippen LogP contribution in [0.2, 0.25) is 0 Å². The van der Waals surface area contributed by atoms with Crippen LogP contribution in [0, 0.1) is 13.8 Å². The number of epoxide rings is 2. The van der Waals surface area contributed by atoms with E-state index in [2.05, 4.69) is 12.1 Å². The molecule has 0 aromatic heterocycles. The minimum absolute atomic E-state index is 0.167. The van der Waals surface area contributed by atoms with Crippen LogP contribution in [0.3, 0.4) is 0 Å². The van der Waals surface area contributed by atoms with E-state index in [1.165, 1.54) is 5.56 Å². The van der Waals surface area contributed by atoms with Crippen LogP contribution in [0.25, 0.3) is 0 Å². The largest absolute Gasteiger partial charge is 0.491 e. The zero-order valence-corrected chi connectivity index (χ0v) is 19.3. The number of aromatic carboxylic acids is 1. The van der Waals surface area contributed by atoms with Gasteiger partial charge < -0.3 is 24.1 Å². The summed E-state index contributed by atoms with van der Waals surface area (Å²) in [6.07, 6.45) is 4.45. The highest BCUT2D eigenvalue weighted by atomic mass is 16.6. The molecule has 0 radical (unpaired) electrons. The number of rotatable bonds is 9. The maximum Gasteiger partial charge on any atom is 0.335 e. The van der Waals surface area contributed by atoms with Crippen molar-refractivity contribution in [3.63, 3.8) is 0 Å². The number of carboxylic acid groups (broad SMARTS) is 1. The van der Waals surface area contributed by atoms with Gasteiger partial charge in [-0.1, -0.05) is 12.1 Å². The summed E-state index contributed by atoms with van der Waals surface area (Å²) in [6, 6.07) is 10.2. The van der Waals surface area contributed by atoms with Gasteiger partial charge in [0, 0.05) is 0 Å². The number of hydrogen-bond donors (Lipinski definition) is 1. The van der Waals surface area contributed by atoms with Crippen molar-refractivity contribution in [2.45, 2.75) is 63.6 Å². The van der Waals surface area contributed by atoms with Crippen molar-refractivity contribution in [1.29, 1.82) is 0 Å². The highest BCUT2D eigenvalue weighted by Crippen LogP contribution is 2.45. The number of carbonyl (C=O) groups is 1. The highest BCUT2D eigenvalue weighted by molar-refractivity contribution is 5.91. The summed E-state index contributed by atoms with van der Waals surface area (Å²) in [6.45, 7) is 6.61. The zero-order chi connectivity index (χ0) is 22.9. The number of carboxylic acids is 1. The monoisotopic (exact) mass is 452 g/mol. The van der Waals surface area contributed by atoms with Crippen LogP contribution in [0.1, 0.15) is 70.1 Å². The number of hydrogen-bond acceptors (Lipinski definition) is 5. The standard InChI is InChI=1S/C27H32O6/c1-16-11-24(27(28)29)25(17(2)26(16)33-15-23-14-32-23)20-5-3-18(4-6-20)19-7-9-21(10-8-19)30-12-22-13-31-22/h7-11,18,20,22-23H,3-6,12-15H2,1-2H3,(H,28,29). The lowest BCUT2D eigenvalue weighted by molar-refractivity contribution is 0.0694. The van der Waals surface area contributed by atoms with Crippen molar-refractivity contribution >= 4 is 5.97 Å². The molecule has 6 heteroatoms. The first-order valence-electron chi connectivity index (χ1n) is 12.0. The van der Waals surface area contributed by atoms with E-state index < -0.39 is 5.97 Å². The molecule has 0 amide bonds. The van der Waals surface area contributed by atoms with Crippen LogP contribution in [-0.2, 0) is 9.47 Å². The molecule has 176 valence electrons. The van der Waals surface area contributed by atoms with Gasteiger partial charge in [-0.2, -0.15) is 0 Å². The van der Waals surface area contributed by atoms with Gasteiger partial charge in [-0.3, -0.25) is 0 Å². The zero-order valence-electron chi connectivity index (χ0n) is 19.3. The average Bonchev–Trinajstić information content (AvgIpc) is 3.73. The van der Waals surface area contributed by atoms with Crippen LogP contribution in [0.5, 0.6) is 11.5 Å². The topological polar surface area (TPSA) is 80.8 Å². The van der Waals surface area contributed by atoms with Gasteiger partial charge in [0.05, 0.1) is 18.8 Å². The maximum atomic E-state index is 12.1. The Hall–Kier alpha value is -2.57. The first kappa shape index (κ1) is 22.2. The van der Waals surface area contributed by atoms with Crippen LogP contribution in [0.4, 0.5) is 0 Å². The Morgan fingerprint density at radius 1 is 0.939 bits per heavy atom. The van der Waals surface area contributed by atoms with Crippen molar-refractivity contribution < 1.29 is 28.8 Å². The van der Waals surface area contributed by atoms with E-state index in [9.17, 15) is 9.90 Å². The maximum absolute atomic E-state index is 12.1. The molecular formula is C27H32O6. The molecule has 3 fully saturated rings. The van der Waals surface area contributed by atoms with Crippen molar-refractivity contribution in [2.24, 2.45) is 0 Å². The van der Waals surface area contributed by atoms with Crippen molar-refractivity contribution in [3.8, 4) is 11.5 Å². The molecule has 0 bridgehead atoms. The lowest BCUT2D eigenvalue weighted by Gasteiger charge is -2.31. The fraction of sp³-hybridized carbons (Fsp3) is 0.519. The minimum Gasteiger partial charge on any atom is -0.491 e. The molecule has 2 heterocycles. The number of aryl methyl sites for hydroxylation is 1. The summed E-state index contributed by atoms with van der Waals surface area (Å²) >= 11 is 0. The first-order chi connectivity index (χ1) is 16.0. The Balaban J connectivity index is 1.28. The Bertz CT molecular complexity index is 998. The summed E-state index contributed by atoms with van der Waals surface area (Å²) < 4.78 is 22.3. The molecule has 3 aliphatic rings. The van der Waals surface area contributed by atoms with E-state index in [0.29, 0.717) is 24.7 Å². The molecule has 1 aliphatic carbocycles. The molecule has 2 unspecified atom stereocenters. The second kappa shape index (κ2) is 9.35. The van der Waals surface area contributed by atoms with Gasteiger partial charge >= 0.3 is 5.97 Å². The summed E-state index contributed by atoms with van der Waals surface area (Å²) in [4.78, 5) is 12.1. The van der Waals surface area contributed by atoms with Gasteiger partial charge in [-0.15, -0.1) is 0 Å². The Labute approximate surface area is 194 Å². The third-order valence-electron chi connectivity index (χ3n) is 7.13. The fourth-order valence-electron chi connectivity index (χ4n) is 5.15. The molecule has 2 aromatic carbocycles. The van der Waals surface area contributed by atoms with E-state index in [0.717, 1.165) is 67.1 Å². The normalized spacial score (nSPS) is 26.0. The van der Waals surface area contributed by atoms with E-state index in [-0.39, 0.29) is 18.1 Å². The minimum atomic E-state index is -0.859. The van der Waals surface area contributed by atoms with Crippen LogP contribution < -0.4 is 9.47 Å².